The summed E-state index contributed by atoms with van der Waals surface area (Å²) in [4.78, 5) is 15.8. The third kappa shape index (κ3) is 5.28. The van der Waals surface area contributed by atoms with E-state index in [2.05, 4.69) is 17.0 Å². The van der Waals surface area contributed by atoms with E-state index in [-0.39, 0.29) is 29.1 Å². The lowest BCUT2D eigenvalue weighted by Gasteiger charge is -2.17. The first-order valence-electron chi connectivity index (χ1n) is 8.52. The van der Waals surface area contributed by atoms with E-state index in [0.29, 0.717) is 6.92 Å². The van der Waals surface area contributed by atoms with Gasteiger partial charge in [-0.15, -0.1) is 0 Å². The van der Waals surface area contributed by atoms with Crippen LogP contribution in [0.25, 0.3) is 0 Å². The Kier molecular flexibility index (Phi) is 6.87. The Morgan fingerprint density at radius 2 is 2.03 bits per heavy atom. The molecule has 2 N–H and O–H groups in total. The van der Waals surface area contributed by atoms with Crippen LogP contribution < -0.4 is 10.0 Å². The number of carbonyl (C=O) groups excluding carboxylic acids is 1. The molecule has 2 aromatic rings. The molecule has 8 nitrogen and oxygen atoms in total. The van der Waals surface area contributed by atoms with Crippen molar-refractivity contribution in [2.24, 2.45) is 12.0 Å². The minimum absolute atomic E-state index is 0.0508. The average molecular weight is 459 g/mol. The van der Waals surface area contributed by atoms with Crippen LogP contribution in [-0.2, 0) is 23.6 Å². The Morgan fingerprint density at radius 1 is 1.39 bits per heavy atom. The molecule has 2 rings (SSSR count). The van der Waals surface area contributed by atoms with Crippen LogP contribution in [0.1, 0.15) is 28.5 Å². The van der Waals surface area contributed by atoms with Gasteiger partial charge in [-0.25, -0.2) is 12.8 Å². The van der Waals surface area contributed by atoms with Crippen LogP contribution in [0.5, 0.6) is 0 Å². The summed E-state index contributed by atoms with van der Waals surface area (Å²) in [7, 11) is -3.35. The van der Waals surface area contributed by atoms with E-state index < -0.39 is 38.9 Å². The van der Waals surface area contributed by atoms with Crippen LogP contribution >= 0.6 is 0 Å². The third-order valence-corrected chi connectivity index (χ3v) is 5.78. The lowest BCUT2D eigenvalue weighted by Crippen LogP contribution is -2.43. The molecule has 1 amide bonds. The second-order valence-electron chi connectivity index (χ2n) is 6.46. The molecule has 31 heavy (non-hydrogen) atoms. The fourth-order valence-corrected chi connectivity index (χ4v) is 4.19. The first-order valence-corrected chi connectivity index (χ1v) is 10.0. The van der Waals surface area contributed by atoms with Crippen molar-refractivity contribution in [2.75, 3.05) is 5.32 Å². The number of anilines is 1. The molecule has 13 heteroatoms. The van der Waals surface area contributed by atoms with Crippen LogP contribution in [0, 0.1) is 17.1 Å². The van der Waals surface area contributed by atoms with Crippen LogP contribution in [0.15, 0.2) is 34.3 Å². The van der Waals surface area contributed by atoms with Gasteiger partial charge in [-0.1, -0.05) is 0 Å². The molecule has 0 aliphatic rings. The number of carbonyl (C=O) groups is 1. The number of hydrogen-bond acceptors (Lipinski definition) is 5. The lowest BCUT2D eigenvalue weighted by atomic mass is 10.2. The molecule has 0 radical (unpaired) electrons. The molecule has 0 unspecified atom stereocenters. The summed E-state index contributed by atoms with van der Waals surface area (Å²) >= 11 is 0. The molecule has 0 spiro atoms. The van der Waals surface area contributed by atoms with Crippen molar-refractivity contribution in [3.8, 4) is 6.07 Å². The van der Waals surface area contributed by atoms with Crippen molar-refractivity contribution < 1.29 is 30.8 Å². The summed E-state index contributed by atoms with van der Waals surface area (Å²) in [5.41, 5.74) is -0.670. The largest absolute Gasteiger partial charge is 0.404 e. The zero-order chi connectivity index (χ0) is 23.6. The number of sulfonamides is 1. The number of rotatable bonds is 7. The number of benzene rings is 1. The topological polar surface area (TPSA) is 116 Å². The molecular weight excluding hydrogens is 442 g/mol. The van der Waals surface area contributed by atoms with E-state index >= 15 is 0 Å². The van der Waals surface area contributed by atoms with Crippen LogP contribution in [0.2, 0.25) is 0 Å². The first kappa shape index (κ1) is 24.0. The standard InChI is InChI=1S/C18H17F4N5O3S/c1-10(18(20,21)22)26-31(29,30)15-9-27(3)16(13(15)8-24-2)17(28)25-12-4-5-14(19)11(6-12)7-23/h4-6,9-10,26H,2,8H2,1,3H3,(H,25,28)/t10-/m1/s1. The van der Waals surface area contributed by atoms with E-state index in [9.17, 15) is 30.8 Å². The van der Waals surface area contributed by atoms with Gasteiger partial charge in [0.25, 0.3) is 5.91 Å². The van der Waals surface area contributed by atoms with Crippen LogP contribution in [0.3, 0.4) is 0 Å². The Bertz CT molecular complexity index is 1170. The van der Waals surface area contributed by atoms with Crippen molar-refractivity contribution in [2.45, 2.75) is 30.6 Å². The van der Waals surface area contributed by atoms with Gasteiger partial charge in [-0.2, -0.15) is 23.2 Å². The van der Waals surface area contributed by atoms with Crippen molar-refractivity contribution >= 4 is 28.3 Å². The fraction of sp³-hybridized carbons (Fsp3) is 0.278. The molecule has 0 aliphatic heterocycles. The predicted molar refractivity (Wildman–Crippen MR) is 104 cm³/mol. The van der Waals surface area contributed by atoms with Gasteiger partial charge >= 0.3 is 6.18 Å². The molecule has 1 aromatic heterocycles. The Morgan fingerprint density at radius 3 is 2.58 bits per heavy atom. The number of nitrogens with one attached hydrogen (secondary N) is 2. The number of halogens is 4. The number of aliphatic imine (C=N–C) groups is 1. The average Bonchev–Trinajstić information content (AvgIpc) is 2.99. The van der Waals surface area contributed by atoms with E-state index in [4.69, 9.17) is 5.26 Å². The number of nitriles is 1. The number of amides is 1. The van der Waals surface area contributed by atoms with E-state index in [1.807, 2.05) is 0 Å². The van der Waals surface area contributed by atoms with Crippen molar-refractivity contribution in [3.63, 3.8) is 0 Å². The van der Waals surface area contributed by atoms with E-state index in [1.165, 1.54) is 17.8 Å². The molecule has 0 aliphatic carbocycles. The number of aryl methyl sites for hydroxylation is 1. The summed E-state index contributed by atoms with van der Waals surface area (Å²) in [5.74, 6) is -1.64. The monoisotopic (exact) mass is 459 g/mol. The van der Waals surface area contributed by atoms with Crippen molar-refractivity contribution in [1.82, 2.24) is 9.29 Å². The number of alkyl halides is 3. The van der Waals surface area contributed by atoms with E-state index in [0.717, 1.165) is 22.9 Å². The number of aromatic nitrogens is 1. The van der Waals surface area contributed by atoms with Gasteiger partial charge in [-0.3, -0.25) is 9.79 Å². The van der Waals surface area contributed by atoms with Gasteiger partial charge in [-0.05, 0) is 31.8 Å². The molecule has 1 heterocycles. The number of nitrogens with zero attached hydrogens (tertiary/aromatic N) is 3. The quantitative estimate of drug-likeness (QED) is 0.489. The molecule has 0 saturated carbocycles. The summed E-state index contributed by atoms with van der Waals surface area (Å²) in [6.07, 6.45) is -3.84. The predicted octanol–water partition coefficient (Wildman–Crippen LogP) is 2.72. The Labute approximate surface area is 175 Å². The summed E-state index contributed by atoms with van der Waals surface area (Å²) < 4.78 is 79.7. The number of hydrogen-bond donors (Lipinski definition) is 2. The highest BCUT2D eigenvalue weighted by atomic mass is 32.2. The van der Waals surface area contributed by atoms with E-state index in [1.54, 1.807) is 6.07 Å². The molecule has 0 fully saturated rings. The highest BCUT2D eigenvalue weighted by Crippen LogP contribution is 2.27. The zero-order valence-corrected chi connectivity index (χ0v) is 17.1. The summed E-state index contributed by atoms with van der Waals surface area (Å²) in [6.45, 7) is 3.50. The molecular formula is C18H17F4N5O3S. The zero-order valence-electron chi connectivity index (χ0n) is 16.3. The van der Waals surface area contributed by atoms with Gasteiger partial charge in [0.2, 0.25) is 10.0 Å². The molecule has 1 aromatic carbocycles. The molecule has 0 saturated heterocycles. The van der Waals surface area contributed by atoms with Gasteiger partial charge in [0.1, 0.15) is 28.5 Å². The summed E-state index contributed by atoms with van der Waals surface area (Å²) in [5, 5.41) is 11.3. The van der Waals surface area contributed by atoms with Crippen LogP contribution in [-0.4, -0.2) is 37.8 Å². The Hall–Kier alpha value is -3.24. The normalized spacial score (nSPS) is 12.8. The SMILES string of the molecule is C=NCc1c(S(=O)(=O)N[C@H](C)C(F)(F)F)cn(C)c1C(=O)Nc1ccc(F)c(C#N)c1. The minimum Gasteiger partial charge on any atom is -0.345 e. The maximum atomic E-state index is 13.5. The fourth-order valence-electron chi connectivity index (χ4n) is 2.68. The van der Waals surface area contributed by atoms with Gasteiger partial charge in [0.05, 0.1) is 12.1 Å². The second-order valence-corrected chi connectivity index (χ2v) is 8.14. The van der Waals surface area contributed by atoms with Gasteiger partial charge in [0.15, 0.2) is 0 Å². The maximum Gasteiger partial charge on any atom is 0.404 e. The maximum absolute atomic E-state index is 13.5. The third-order valence-electron chi connectivity index (χ3n) is 4.19. The molecule has 0 bridgehead atoms. The van der Waals surface area contributed by atoms with Gasteiger partial charge < -0.3 is 9.88 Å². The molecule has 166 valence electrons. The smallest absolute Gasteiger partial charge is 0.345 e. The van der Waals surface area contributed by atoms with Crippen molar-refractivity contribution in [3.05, 3.63) is 47.0 Å². The Balaban J connectivity index is 2.48. The van der Waals surface area contributed by atoms with Gasteiger partial charge in [0, 0.05) is 24.5 Å². The first-order chi connectivity index (χ1) is 14.3. The second kappa shape index (κ2) is 8.86. The van der Waals surface area contributed by atoms with Crippen molar-refractivity contribution in [1.29, 1.82) is 5.26 Å². The minimum atomic E-state index is -4.82. The highest BCUT2D eigenvalue weighted by Gasteiger charge is 2.40. The lowest BCUT2D eigenvalue weighted by molar-refractivity contribution is -0.147. The molecule has 1 atom stereocenters. The van der Waals surface area contributed by atoms with Crippen LogP contribution in [0.4, 0.5) is 23.2 Å². The summed E-state index contributed by atoms with van der Waals surface area (Å²) in [6, 6.07) is 2.46. The highest BCUT2D eigenvalue weighted by molar-refractivity contribution is 7.89.